The first-order chi connectivity index (χ1) is 18.9. The zero-order valence-corrected chi connectivity index (χ0v) is 21.3. The van der Waals surface area contributed by atoms with Gasteiger partial charge in [-0.25, -0.2) is 9.37 Å². The molecule has 1 atom stereocenters. The summed E-state index contributed by atoms with van der Waals surface area (Å²) in [6.07, 6.45) is 3.13. The first-order valence-corrected chi connectivity index (χ1v) is 12.6. The summed E-state index contributed by atoms with van der Waals surface area (Å²) in [5.41, 5.74) is 8.60. The van der Waals surface area contributed by atoms with Crippen molar-refractivity contribution in [1.82, 2.24) is 14.5 Å². The third kappa shape index (κ3) is 5.39. The molecule has 1 amide bonds. The Labute approximate surface area is 223 Å². The van der Waals surface area contributed by atoms with Gasteiger partial charge in [0, 0.05) is 51.3 Å². The van der Waals surface area contributed by atoms with Gasteiger partial charge in [0.2, 0.25) is 0 Å². The lowest BCUT2D eigenvalue weighted by Crippen LogP contribution is -2.43. The van der Waals surface area contributed by atoms with Gasteiger partial charge in [0.25, 0.3) is 11.8 Å². The van der Waals surface area contributed by atoms with Gasteiger partial charge in [0.1, 0.15) is 23.4 Å². The third-order valence-corrected chi connectivity index (χ3v) is 6.81. The molecule has 0 saturated carbocycles. The van der Waals surface area contributed by atoms with Crippen LogP contribution < -0.4 is 11.1 Å². The van der Waals surface area contributed by atoms with Crippen molar-refractivity contribution in [3.63, 3.8) is 0 Å². The summed E-state index contributed by atoms with van der Waals surface area (Å²) < 4.78 is 26.8. The molecule has 0 aliphatic carbocycles. The molecule has 2 aromatic carbocycles. The Hall–Kier alpha value is -4.51. The van der Waals surface area contributed by atoms with Crippen molar-refractivity contribution in [3.05, 3.63) is 83.8 Å². The van der Waals surface area contributed by atoms with E-state index in [1.54, 1.807) is 24.3 Å². The van der Waals surface area contributed by atoms with E-state index in [1.165, 1.54) is 24.4 Å². The number of benzene rings is 2. The number of anilines is 1. The van der Waals surface area contributed by atoms with Crippen LogP contribution in [-0.4, -0.2) is 51.4 Å². The highest BCUT2D eigenvalue weighted by molar-refractivity contribution is 5.99. The first kappa shape index (κ1) is 26.1. The molecule has 1 fully saturated rings. The minimum absolute atomic E-state index is 0.233. The van der Waals surface area contributed by atoms with Crippen LogP contribution in [0.4, 0.5) is 10.1 Å². The fraction of sp³-hybridized carbons (Fsp3) is 0.286. The molecule has 0 bridgehead atoms. The summed E-state index contributed by atoms with van der Waals surface area (Å²) in [6, 6.07) is 12.5. The maximum absolute atomic E-state index is 15.1. The summed E-state index contributed by atoms with van der Waals surface area (Å²) in [6.45, 7) is 2.10. The van der Waals surface area contributed by atoms with Crippen LogP contribution in [0.2, 0.25) is 0 Å². The lowest BCUT2D eigenvalue weighted by atomic mass is 10.0. The quantitative estimate of drug-likeness (QED) is 0.342. The molecule has 5 rings (SSSR count). The number of aromatic nitrogens is 2. The predicted octanol–water partition coefficient (Wildman–Crippen LogP) is 3.89. The number of oxazole rings is 1. The Kier molecular flexibility index (Phi) is 7.42. The van der Waals surface area contributed by atoms with Gasteiger partial charge in [-0.2, -0.15) is 0 Å². The number of esters is 1. The Bertz CT molecular complexity index is 1520. The highest BCUT2D eigenvalue weighted by Gasteiger charge is 2.33. The van der Waals surface area contributed by atoms with E-state index in [2.05, 4.69) is 10.3 Å². The number of halogens is 1. The molecule has 11 heteroatoms. The van der Waals surface area contributed by atoms with Crippen LogP contribution in [0.5, 0.6) is 0 Å². The molecule has 2 aromatic heterocycles. The molecule has 39 heavy (non-hydrogen) atoms. The minimum Gasteiger partial charge on any atom is -0.462 e. The number of nitrogens with zero attached hydrogens (tertiary/aromatic N) is 3. The van der Waals surface area contributed by atoms with E-state index in [4.69, 9.17) is 14.9 Å². The first-order valence-electron chi connectivity index (χ1n) is 12.6. The molecular weight excluding hydrogens is 505 g/mol. The predicted molar refractivity (Wildman–Crippen MR) is 140 cm³/mol. The molecule has 1 unspecified atom stereocenters. The lowest BCUT2D eigenvalue weighted by molar-refractivity contribution is -0.148. The highest BCUT2D eigenvalue weighted by atomic mass is 19.1. The largest absolute Gasteiger partial charge is 0.462 e. The van der Waals surface area contributed by atoms with Crippen LogP contribution in [0.25, 0.3) is 11.1 Å². The Morgan fingerprint density at radius 3 is 2.69 bits per heavy atom. The van der Waals surface area contributed by atoms with Crippen molar-refractivity contribution in [3.8, 4) is 0 Å². The standard InChI is InChI=1S/C28H28FN5O5/c1-17(35)39-20-8-11-33(12-9-20)28(37)26-21(29)10-13-34(26)27(36)25(32-22-5-3-2-4-19(22)15-30)18-6-7-23-24(14-18)38-16-31-23/h2-7,10,13-14,16,20,25,32H,8-9,11-12,15,30H2,1H3. The number of carbonyl (C=O) groups is 3. The lowest BCUT2D eigenvalue weighted by Gasteiger charge is -2.31. The van der Waals surface area contributed by atoms with E-state index >= 15 is 4.39 Å². The van der Waals surface area contributed by atoms with Crippen LogP contribution in [-0.2, 0) is 16.1 Å². The van der Waals surface area contributed by atoms with Crippen molar-refractivity contribution >= 4 is 34.6 Å². The van der Waals surface area contributed by atoms with Crippen molar-refractivity contribution in [1.29, 1.82) is 0 Å². The Balaban J connectivity index is 1.48. The number of para-hydroxylation sites is 1. The topological polar surface area (TPSA) is 133 Å². The number of piperidine rings is 1. The van der Waals surface area contributed by atoms with Gasteiger partial charge in [-0.15, -0.1) is 0 Å². The summed E-state index contributed by atoms with van der Waals surface area (Å²) in [7, 11) is 0. The van der Waals surface area contributed by atoms with E-state index in [0.29, 0.717) is 35.2 Å². The normalized spacial score (nSPS) is 14.8. The molecule has 1 saturated heterocycles. The van der Waals surface area contributed by atoms with Crippen LogP contribution >= 0.6 is 0 Å². The number of carbonyl (C=O) groups excluding carboxylic acids is 3. The van der Waals surface area contributed by atoms with Gasteiger partial charge in [0.15, 0.2) is 17.8 Å². The maximum Gasteiger partial charge on any atom is 0.302 e. The van der Waals surface area contributed by atoms with Crippen molar-refractivity contribution in [2.24, 2.45) is 5.73 Å². The van der Waals surface area contributed by atoms with Crippen LogP contribution in [0.1, 0.15) is 52.2 Å². The average molecular weight is 534 g/mol. The fourth-order valence-electron chi connectivity index (χ4n) is 4.83. The number of rotatable bonds is 7. The zero-order valence-electron chi connectivity index (χ0n) is 21.3. The van der Waals surface area contributed by atoms with Crippen LogP contribution in [0, 0.1) is 5.82 Å². The summed E-state index contributed by atoms with van der Waals surface area (Å²) in [5.74, 6) is -2.37. The van der Waals surface area contributed by atoms with Crippen molar-refractivity contribution in [2.75, 3.05) is 18.4 Å². The number of ether oxygens (including phenoxy) is 1. The monoisotopic (exact) mass is 533 g/mol. The van der Waals surface area contributed by atoms with Gasteiger partial charge < -0.3 is 25.1 Å². The second kappa shape index (κ2) is 11.1. The molecule has 3 heterocycles. The number of hydrogen-bond donors (Lipinski definition) is 2. The molecule has 0 spiro atoms. The van der Waals surface area contributed by atoms with Crippen molar-refractivity contribution < 1.29 is 27.9 Å². The second-order valence-corrected chi connectivity index (χ2v) is 9.34. The van der Waals surface area contributed by atoms with Gasteiger partial charge in [-0.05, 0) is 35.4 Å². The van der Waals surface area contributed by atoms with Gasteiger partial charge in [-0.3, -0.25) is 19.0 Å². The number of likely N-dealkylation sites (tertiary alicyclic amines) is 1. The maximum atomic E-state index is 15.1. The molecule has 10 nitrogen and oxygen atoms in total. The Morgan fingerprint density at radius 2 is 1.95 bits per heavy atom. The Morgan fingerprint density at radius 1 is 1.18 bits per heavy atom. The fourth-order valence-corrected chi connectivity index (χ4v) is 4.83. The van der Waals surface area contributed by atoms with Gasteiger partial charge >= 0.3 is 5.97 Å². The summed E-state index contributed by atoms with van der Waals surface area (Å²) >= 11 is 0. The molecule has 202 valence electrons. The minimum atomic E-state index is -1.01. The third-order valence-electron chi connectivity index (χ3n) is 6.81. The summed E-state index contributed by atoms with van der Waals surface area (Å²) in [4.78, 5) is 44.4. The molecule has 4 aromatic rings. The van der Waals surface area contributed by atoms with Crippen molar-refractivity contribution in [2.45, 2.75) is 38.5 Å². The number of amides is 1. The molecule has 1 aliphatic heterocycles. The summed E-state index contributed by atoms with van der Waals surface area (Å²) in [5, 5.41) is 3.24. The van der Waals surface area contributed by atoms with E-state index < -0.39 is 23.7 Å². The SMILES string of the molecule is CC(=O)OC1CCN(C(=O)c2c(F)ccn2C(=O)C(Nc2ccccc2CN)c2ccc3ncoc3c2)CC1. The van der Waals surface area contributed by atoms with E-state index in [0.717, 1.165) is 16.2 Å². The van der Waals surface area contributed by atoms with Crippen LogP contribution in [0.15, 0.2) is 65.5 Å². The number of nitrogens with one attached hydrogen (secondary N) is 1. The second-order valence-electron chi connectivity index (χ2n) is 9.34. The van der Waals surface area contributed by atoms with Crippen LogP contribution in [0.3, 0.4) is 0 Å². The average Bonchev–Trinajstić information content (AvgIpc) is 3.57. The number of hydrogen-bond acceptors (Lipinski definition) is 8. The van der Waals surface area contributed by atoms with Gasteiger partial charge in [0.05, 0.1) is 0 Å². The number of nitrogens with two attached hydrogens (primary N) is 1. The highest BCUT2D eigenvalue weighted by Crippen LogP contribution is 2.28. The molecule has 3 N–H and O–H groups in total. The number of fused-ring (bicyclic) bond motifs is 1. The zero-order chi connectivity index (χ0) is 27.5. The van der Waals surface area contributed by atoms with E-state index in [1.807, 2.05) is 18.2 Å². The molecular formula is C28H28FN5O5. The van der Waals surface area contributed by atoms with E-state index in [-0.39, 0.29) is 37.4 Å². The smallest absolute Gasteiger partial charge is 0.302 e. The molecule has 1 aliphatic rings. The van der Waals surface area contributed by atoms with E-state index in [9.17, 15) is 14.4 Å². The molecule has 0 radical (unpaired) electrons. The van der Waals surface area contributed by atoms with Gasteiger partial charge in [-0.1, -0.05) is 24.3 Å².